The highest BCUT2D eigenvalue weighted by Gasteiger charge is 2.33. The van der Waals surface area contributed by atoms with Crippen molar-refractivity contribution in [2.45, 2.75) is 12.7 Å². The molecule has 0 amide bonds. The Bertz CT molecular complexity index is 444. The van der Waals surface area contributed by atoms with Crippen molar-refractivity contribution in [3.8, 4) is 11.5 Å². The standard InChI is InChI=1S/C11H7F6O3/c12-10(13,14)19-8-4-7(2-1-3-18)5-9(6-8)20-11(15,16)17/h1-2,4-6H,3H2. The zero-order chi connectivity index (χ0) is 15.4. The third-order valence-electron chi connectivity index (χ3n) is 1.78. The Labute approximate surface area is 109 Å². The summed E-state index contributed by atoms with van der Waals surface area (Å²) in [4.78, 5) is 0. The van der Waals surface area contributed by atoms with E-state index in [1.807, 2.05) is 0 Å². The number of benzene rings is 1. The number of hydrogen-bond acceptors (Lipinski definition) is 2. The number of hydrogen-bond donors (Lipinski definition) is 0. The van der Waals surface area contributed by atoms with Gasteiger partial charge in [-0.05, 0) is 17.7 Å². The quantitative estimate of drug-likeness (QED) is 0.790. The van der Waals surface area contributed by atoms with Crippen LogP contribution in [-0.2, 0) is 5.11 Å². The summed E-state index contributed by atoms with van der Waals surface area (Å²) in [6.07, 6.45) is -8.05. The molecule has 0 N–H and O–H groups in total. The molecule has 1 radical (unpaired) electrons. The Hall–Kier alpha value is -1.90. The van der Waals surface area contributed by atoms with E-state index in [0.29, 0.717) is 6.07 Å². The minimum absolute atomic E-state index is 0.0955. The molecule has 0 aliphatic heterocycles. The third-order valence-corrected chi connectivity index (χ3v) is 1.78. The molecule has 3 nitrogen and oxygen atoms in total. The van der Waals surface area contributed by atoms with Gasteiger partial charge in [0.1, 0.15) is 18.1 Å². The van der Waals surface area contributed by atoms with Crippen LogP contribution >= 0.6 is 0 Å². The molecule has 9 heteroatoms. The number of alkyl halides is 6. The molecule has 0 spiro atoms. The fourth-order valence-corrected chi connectivity index (χ4v) is 1.26. The third kappa shape index (κ3) is 6.32. The Morgan fingerprint density at radius 3 is 1.70 bits per heavy atom. The summed E-state index contributed by atoms with van der Waals surface area (Å²) in [5, 5.41) is 10.2. The highest BCUT2D eigenvalue weighted by atomic mass is 19.4. The van der Waals surface area contributed by atoms with Crippen LogP contribution in [-0.4, -0.2) is 19.3 Å². The highest BCUT2D eigenvalue weighted by Crippen LogP contribution is 2.31. The summed E-state index contributed by atoms with van der Waals surface area (Å²) in [6, 6.07) is 2.08. The van der Waals surface area contributed by atoms with E-state index in [1.165, 1.54) is 0 Å². The van der Waals surface area contributed by atoms with Crippen LogP contribution in [0.25, 0.3) is 6.08 Å². The monoisotopic (exact) mass is 301 g/mol. The molecule has 20 heavy (non-hydrogen) atoms. The van der Waals surface area contributed by atoms with Crippen molar-refractivity contribution in [3.05, 3.63) is 29.8 Å². The van der Waals surface area contributed by atoms with E-state index in [4.69, 9.17) is 0 Å². The van der Waals surface area contributed by atoms with E-state index in [1.54, 1.807) is 0 Å². The Morgan fingerprint density at radius 1 is 0.900 bits per heavy atom. The molecule has 0 aliphatic carbocycles. The predicted octanol–water partition coefficient (Wildman–Crippen LogP) is 3.93. The zero-order valence-electron chi connectivity index (χ0n) is 9.59. The second-order valence-corrected chi connectivity index (χ2v) is 3.40. The maximum atomic E-state index is 12.0. The molecule has 0 saturated heterocycles. The maximum Gasteiger partial charge on any atom is 0.573 e. The van der Waals surface area contributed by atoms with Crippen LogP contribution in [0.3, 0.4) is 0 Å². The zero-order valence-corrected chi connectivity index (χ0v) is 9.59. The molecule has 0 bridgehead atoms. The van der Waals surface area contributed by atoms with Crippen molar-refractivity contribution in [1.29, 1.82) is 0 Å². The van der Waals surface area contributed by atoms with Crippen LogP contribution < -0.4 is 9.47 Å². The summed E-state index contributed by atoms with van der Waals surface area (Å²) in [5.74, 6) is -1.77. The normalized spacial score (nSPS) is 12.8. The van der Waals surface area contributed by atoms with E-state index >= 15 is 0 Å². The lowest BCUT2D eigenvalue weighted by atomic mass is 10.2. The molecule has 0 saturated carbocycles. The lowest BCUT2D eigenvalue weighted by Gasteiger charge is -2.13. The number of halogens is 6. The Kier molecular flexibility index (Phi) is 4.88. The summed E-state index contributed by atoms with van der Waals surface area (Å²) >= 11 is 0. The van der Waals surface area contributed by atoms with Gasteiger partial charge in [0.05, 0.1) is 0 Å². The molecule has 1 rings (SSSR count). The minimum Gasteiger partial charge on any atom is -0.406 e. The molecule has 0 unspecified atom stereocenters. The molecule has 0 fully saturated rings. The van der Waals surface area contributed by atoms with Crippen molar-refractivity contribution in [2.75, 3.05) is 6.61 Å². The van der Waals surface area contributed by atoms with Crippen LogP contribution in [0, 0.1) is 0 Å². The topological polar surface area (TPSA) is 38.4 Å². The average molecular weight is 301 g/mol. The van der Waals surface area contributed by atoms with E-state index in [9.17, 15) is 31.4 Å². The van der Waals surface area contributed by atoms with Crippen LogP contribution in [0.15, 0.2) is 24.3 Å². The number of rotatable bonds is 4. The van der Waals surface area contributed by atoms with Crippen molar-refractivity contribution in [3.63, 3.8) is 0 Å². The summed E-state index contributed by atoms with van der Waals surface area (Å²) in [5.41, 5.74) is -0.0955. The summed E-state index contributed by atoms with van der Waals surface area (Å²) < 4.78 is 79.3. The molecule has 111 valence electrons. The molecular formula is C11H7F6O3. The van der Waals surface area contributed by atoms with E-state index in [2.05, 4.69) is 9.47 Å². The minimum atomic E-state index is -5.06. The van der Waals surface area contributed by atoms with Gasteiger partial charge in [-0.1, -0.05) is 12.2 Å². The lowest BCUT2D eigenvalue weighted by molar-refractivity contribution is -0.276. The Balaban J connectivity index is 3.10. The lowest BCUT2D eigenvalue weighted by Crippen LogP contribution is -2.19. The molecule has 0 aromatic heterocycles. The summed E-state index contributed by atoms with van der Waals surface area (Å²) in [7, 11) is 0. The van der Waals surface area contributed by atoms with Crippen LogP contribution in [0.4, 0.5) is 26.3 Å². The van der Waals surface area contributed by atoms with Crippen molar-refractivity contribution in [1.82, 2.24) is 0 Å². The first-order valence-electron chi connectivity index (χ1n) is 5.00. The van der Waals surface area contributed by atoms with Gasteiger partial charge in [0.15, 0.2) is 0 Å². The van der Waals surface area contributed by atoms with Crippen LogP contribution in [0.1, 0.15) is 5.56 Å². The molecule has 0 heterocycles. The van der Waals surface area contributed by atoms with Crippen molar-refractivity contribution in [2.24, 2.45) is 0 Å². The molecule has 0 atom stereocenters. The first-order valence-corrected chi connectivity index (χ1v) is 5.00. The first kappa shape index (κ1) is 16.2. The van der Waals surface area contributed by atoms with Gasteiger partial charge in [0, 0.05) is 6.07 Å². The fraction of sp³-hybridized carbons (Fsp3) is 0.273. The van der Waals surface area contributed by atoms with E-state index in [0.717, 1.165) is 24.3 Å². The Morgan fingerprint density at radius 2 is 1.35 bits per heavy atom. The van der Waals surface area contributed by atoms with Crippen molar-refractivity contribution < 1.29 is 40.9 Å². The van der Waals surface area contributed by atoms with Crippen LogP contribution in [0.2, 0.25) is 0 Å². The predicted molar refractivity (Wildman–Crippen MR) is 54.4 cm³/mol. The number of ether oxygens (including phenoxy) is 2. The van der Waals surface area contributed by atoms with Crippen LogP contribution in [0.5, 0.6) is 11.5 Å². The van der Waals surface area contributed by atoms with Gasteiger partial charge in [-0.3, -0.25) is 0 Å². The highest BCUT2D eigenvalue weighted by molar-refractivity contribution is 5.55. The van der Waals surface area contributed by atoms with Gasteiger partial charge in [0.25, 0.3) is 0 Å². The van der Waals surface area contributed by atoms with Gasteiger partial charge >= 0.3 is 12.7 Å². The maximum absolute atomic E-state index is 12.0. The van der Waals surface area contributed by atoms with Gasteiger partial charge < -0.3 is 9.47 Å². The molecule has 1 aromatic rings. The molecule has 0 aliphatic rings. The van der Waals surface area contributed by atoms with E-state index in [-0.39, 0.29) is 5.56 Å². The van der Waals surface area contributed by atoms with Gasteiger partial charge in [-0.15, -0.1) is 26.3 Å². The first-order chi connectivity index (χ1) is 9.09. The smallest absolute Gasteiger partial charge is 0.406 e. The largest absolute Gasteiger partial charge is 0.573 e. The SMILES string of the molecule is [O]CC=Cc1cc(OC(F)(F)F)cc(OC(F)(F)F)c1. The second-order valence-electron chi connectivity index (χ2n) is 3.40. The van der Waals surface area contributed by atoms with Gasteiger partial charge in [-0.2, -0.15) is 0 Å². The summed E-state index contributed by atoms with van der Waals surface area (Å²) in [6.45, 7) is -0.681. The fourth-order valence-electron chi connectivity index (χ4n) is 1.26. The van der Waals surface area contributed by atoms with E-state index < -0.39 is 30.8 Å². The molecule has 1 aromatic carbocycles. The average Bonchev–Trinajstić information content (AvgIpc) is 2.21. The van der Waals surface area contributed by atoms with Gasteiger partial charge in [-0.25, -0.2) is 5.11 Å². The molecular weight excluding hydrogens is 294 g/mol. The second kappa shape index (κ2) is 6.04. The van der Waals surface area contributed by atoms with Gasteiger partial charge in [0.2, 0.25) is 0 Å². The van der Waals surface area contributed by atoms with Crippen molar-refractivity contribution >= 4 is 6.08 Å².